The Morgan fingerprint density at radius 2 is 2.23 bits per heavy atom. The van der Waals surface area contributed by atoms with E-state index in [4.69, 9.17) is 4.74 Å². The quantitative estimate of drug-likeness (QED) is 0.211. The molecule has 0 spiro atoms. The van der Waals surface area contributed by atoms with Crippen LogP contribution in [0.15, 0.2) is 4.99 Å². The van der Waals surface area contributed by atoms with Gasteiger partial charge in [0.25, 0.3) is 0 Å². The van der Waals surface area contributed by atoms with Crippen LogP contribution in [0.3, 0.4) is 0 Å². The molecule has 7 heteroatoms. The van der Waals surface area contributed by atoms with Crippen LogP contribution < -0.4 is 5.32 Å². The minimum atomic E-state index is -0.149. The van der Waals surface area contributed by atoms with Crippen LogP contribution in [0.1, 0.15) is 32.6 Å². The van der Waals surface area contributed by atoms with Crippen LogP contribution in [-0.4, -0.2) is 63.8 Å². The lowest BCUT2D eigenvalue weighted by Gasteiger charge is -2.24. The monoisotopic (exact) mass is 427 g/mol. The van der Waals surface area contributed by atoms with Gasteiger partial charge in [0, 0.05) is 45.6 Å². The molecule has 1 heterocycles. The third-order valence-corrected chi connectivity index (χ3v) is 3.53. The van der Waals surface area contributed by atoms with Crippen molar-refractivity contribution in [3.8, 4) is 0 Å². The third-order valence-electron chi connectivity index (χ3n) is 3.53. The summed E-state index contributed by atoms with van der Waals surface area (Å²) in [5.41, 5.74) is 0. The summed E-state index contributed by atoms with van der Waals surface area (Å²) in [6, 6.07) is 0. The molecule has 1 saturated heterocycles. The predicted octanol–water partition coefficient (Wildman–Crippen LogP) is 1.88. The van der Waals surface area contributed by atoms with Gasteiger partial charge in [-0.25, -0.2) is 0 Å². The van der Waals surface area contributed by atoms with Crippen molar-refractivity contribution in [2.45, 2.75) is 32.6 Å². The van der Waals surface area contributed by atoms with Gasteiger partial charge in [-0.05, 0) is 26.2 Å². The zero-order chi connectivity index (χ0) is 15.5. The van der Waals surface area contributed by atoms with Gasteiger partial charge in [-0.2, -0.15) is 0 Å². The summed E-state index contributed by atoms with van der Waals surface area (Å²) in [5.74, 6) is 1.38. The Kier molecular flexibility index (Phi) is 12.6. The maximum absolute atomic E-state index is 11.0. The number of hydrogen-bond donors (Lipinski definition) is 1. The lowest BCUT2D eigenvalue weighted by Crippen LogP contribution is -2.41. The van der Waals surface area contributed by atoms with Gasteiger partial charge in [0.05, 0.1) is 13.7 Å². The van der Waals surface area contributed by atoms with Gasteiger partial charge in [0.1, 0.15) is 0 Å². The fraction of sp³-hybridized carbons (Fsp3) is 0.867. The number of nitrogens with one attached hydrogen (secondary N) is 1. The van der Waals surface area contributed by atoms with Gasteiger partial charge < -0.3 is 19.7 Å². The van der Waals surface area contributed by atoms with Crippen LogP contribution in [0, 0.1) is 5.92 Å². The van der Waals surface area contributed by atoms with Gasteiger partial charge in [-0.3, -0.25) is 9.79 Å². The molecule has 0 radical (unpaired) electrons. The summed E-state index contributed by atoms with van der Waals surface area (Å²) in [5, 5.41) is 3.31. The number of nitrogens with zero attached hydrogens (tertiary/aromatic N) is 2. The Morgan fingerprint density at radius 1 is 1.45 bits per heavy atom. The molecule has 0 aromatic heterocycles. The molecule has 1 atom stereocenters. The summed E-state index contributed by atoms with van der Waals surface area (Å²) in [4.78, 5) is 17.8. The second-order valence-corrected chi connectivity index (χ2v) is 5.38. The summed E-state index contributed by atoms with van der Waals surface area (Å²) in [7, 11) is 3.49. The van der Waals surface area contributed by atoms with Crippen LogP contribution in [0.25, 0.3) is 0 Å². The van der Waals surface area contributed by atoms with Crippen molar-refractivity contribution in [1.82, 2.24) is 10.2 Å². The summed E-state index contributed by atoms with van der Waals surface area (Å²) in [6.45, 7) is 6.34. The van der Waals surface area contributed by atoms with E-state index >= 15 is 0 Å². The Labute approximate surface area is 151 Å². The zero-order valence-corrected chi connectivity index (χ0v) is 16.3. The Bertz CT molecular complexity index is 334. The van der Waals surface area contributed by atoms with E-state index in [1.165, 1.54) is 7.11 Å². The third kappa shape index (κ3) is 8.77. The number of methoxy groups -OCH3 is 1. The number of aliphatic imine (C=N–C) groups is 1. The minimum absolute atomic E-state index is 0. The van der Waals surface area contributed by atoms with E-state index in [1.807, 2.05) is 0 Å². The average Bonchev–Trinajstić information content (AvgIpc) is 2.98. The first kappa shape index (κ1) is 21.4. The summed E-state index contributed by atoms with van der Waals surface area (Å²) < 4.78 is 10.0. The SMILES string of the molecule is CCNC(=NCCCCC(=O)OC)N(C)CC1CCOC1.I. The zero-order valence-electron chi connectivity index (χ0n) is 14.0. The van der Waals surface area contributed by atoms with Crippen LogP contribution in [0.4, 0.5) is 0 Å². The molecule has 130 valence electrons. The molecule has 0 aliphatic carbocycles. The molecule has 1 aliphatic heterocycles. The maximum atomic E-state index is 11.0. The highest BCUT2D eigenvalue weighted by atomic mass is 127. The number of carbonyl (C=O) groups excluding carboxylic acids is 1. The fourth-order valence-electron chi connectivity index (χ4n) is 2.34. The number of rotatable bonds is 8. The molecule has 0 bridgehead atoms. The van der Waals surface area contributed by atoms with E-state index in [1.54, 1.807) is 0 Å². The molecule has 1 N–H and O–H groups in total. The average molecular weight is 427 g/mol. The van der Waals surface area contributed by atoms with E-state index in [0.29, 0.717) is 12.3 Å². The number of guanidine groups is 1. The van der Waals surface area contributed by atoms with Crippen LogP contribution in [0.5, 0.6) is 0 Å². The normalized spacial score (nSPS) is 17.8. The lowest BCUT2D eigenvalue weighted by atomic mass is 10.1. The van der Waals surface area contributed by atoms with Gasteiger partial charge in [0.2, 0.25) is 0 Å². The van der Waals surface area contributed by atoms with E-state index in [0.717, 1.165) is 58.1 Å². The van der Waals surface area contributed by atoms with E-state index in [2.05, 4.69) is 33.9 Å². The van der Waals surface area contributed by atoms with Crippen LogP contribution in [-0.2, 0) is 14.3 Å². The van der Waals surface area contributed by atoms with Gasteiger partial charge in [-0.15, -0.1) is 24.0 Å². The van der Waals surface area contributed by atoms with Gasteiger partial charge in [-0.1, -0.05) is 0 Å². The topological polar surface area (TPSA) is 63.2 Å². The molecule has 0 aromatic rings. The Hall–Kier alpha value is -0.570. The van der Waals surface area contributed by atoms with Gasteiger partial charge in [0.15, 0.2) is 5.96 Å². The highest BCUT2D eigenvalue weighted by molar-refractivity contribution is 14.0. The number of hydrogen-bond acceptors (Lipinski definition) is 4. The molecule has 0 aromatic carbocycles. The number of unbranched alkanes of at least 4 members (excludes halogenated alkanes) is 1. The number of halogens is 1. The molecule has 6 nitrogen and oxygen atoms in total. The van der Waals surface area contributed by atoms with Crippen molar-refractivity contribution < 1.29 is 14.3 Å². The largest absolute Gasteiger partial charge is 0.469 e. The molecule has 1 fully saturated rings. The van der Waals surface area contributed by atoms with Crippen molar-refractivity contribution in [3.63, 3.8) is 0 Å². The predicted molar refractivity (Wildman–Crippen MR) is 98.8 cm³/mol. The van der Waals surface area contributed by atoms with Crippen molar-refractivity contribution in [3.05, 3.63) is 0 Å². The number of ether oxygens (including phenoxy) is 2. The van der Waals surface area contributed by atoms with Crippen molar-refractivity contribution in [1.29, 1.82) is 0 Å². The van der Waals surface area contributed by atoms with E-state index in [9.17, 15) is 4.79 Å². The first-order valence-corrected chi connectivity index (χ1v) is 7.81. The molecule has 1 rings (SSSR count). The maximum Gasteiger partial charge on any atom is 0.305 e. The Balaban J connectivity index is 0.00000441. The molecule has 1 aliphatic rings. The smallest absolute Gasteiger partial charge is 0.305 e. The van der Waals surface area contributed by atoms with E-state index < -0.39 is 0 Å². The number of carbonyl (C=O) groups is 1. The van der Waals surface area contributed by atoms with E-state index in [-0.39, 0.29) is 29.9 Å². The molecular formula is C15H30IN3O3. The van der Waals surface area contributed by atoms with Crippen LogP contribution >= 0.6 is 24.0 Å². The highest BCUT2D eigenvalue weighted by Crippen LogP contribution is 2.13. The standard InChI is InChI=1S/C15H29N3O3.HI/c1-4-16-15(17-9-6-5-7-14(19)20-3)18(2)11-13-8-10-21-12-13;/h13H,4-12H2,1-3H3,(H,16,17);1H. The van der Waals surface area contributed by atoms with Gasteiger partial charge >= 0.3 is 5.97 Å². The van der Waals surface area contributed by atoms with Crippen molar-refractivity contribution in [2.75, 3.05) is 47.0 Å². The highest BCUT2D eigenvalue weighted by Gasteiger charge is 2.18. The second kappa shape index (κ2) is 12.9. The minimum Gasteiger partial charge on any atom is -0.469 e. The summed E-state index contributed by atoms with van der Waals surface area (Å²) >= 11 is 0. The summed E-state index contributed by atoms with van der Waals surface area (Å²) in [6.07, 6.45) is 3.31. The molecular weight excluding hydrogens is 397 g/mol. The molecule has 0 amide bonds. The Morgan fingerprint density at radius 3 is 2.82 bits per heavy atom. The lowest BCUT2D eigenvalue weighted by molar-refractivity contribution is -0.140. The molecule has 22 heavy (non-hydrogen) atoms. The van der Waals surface area contributed by atoms with Crippen LogP contribution in [0.2, 0.25) is 0 Å². The molecule has 0 saturated carbocycles. The van der Waals surface area contributed by atoms with Crippen molar-refractivity contribution >= 4 is 35.9 Å². The number of esters is 1. The fourth-order valence-corrected chi connectivity index (χ4v) is 2.34. The second-order valence-electron chi connectivity index (χ2n) is 5.38. The first-order chi connectivity index (χ1) is 10.2. The first-order valence-electron chi connectivity index (χ1n) is 7.81. The van der Waals surface area contributed by atoms with Crippen molar-refractivity contribution in [2.24, 2.45) is 10.9 Å². The molecule has 1 unspecified atom stereocenters.